The summed E-state index contributed by atoms with van der Waals surface area (Å²) >= 11 is 0. The summed E-state index contributed by atoms with van der Waals surface area (Å²) in [4.78, 5) is 15.3. The third kappa shape index (κ3) is 4.63. The molecule has 0 saturated carbocycles. The van der Waals surface area contributed by atoms with Crippen molar-refractivity contribution in [2.45, 2.75) is 20.0 Å². The number of hydrogen-bond donors (Lipinski definition) is 1. The van der Waals surface area contributed by atoms with Crippen LogP contribution in [-0.4, -0.2) is 17.0 Å². The van der Waals surface area contributed by atoms with Crippen molar-refractivity contribution in [1.82, 2.24) is 4.98 Å². The first kappa shape index (κ1) is 15.6. The maximum atomic E-state index is 11.3. The van der Waals surface area contributed by atoms with Gasteiger partial charge in [0.05, 0.1) is 24.2 Å². The molecular weight excluding hydrogens is 280 g/mol. The molecule has 0 aliphatic carbocycles. The standard InChI is InChI=1S/C17H18N2O3/c1-4-17(20)19-13-9-16(11-18-10-13)22-15-7-5-14(6-8-15)21-12(2)3/h4-12H,1H2,2-3H3,(H,19,20). The molecule has 0 fully saturated rings. The van der Waals surface area contributed by atoms with Crippen molar-refractivity contribution in [1.29, 1.82) is 0 Å². The van der Waals surface area contributed by atoms with Gasteiger partial charge in [-0.3, -0.25) is 9.78 Å². The number of pyridine rings is 1. The first-order valence-corrected chi connectivity index (χ1v) is 6.90. The van der Waals surface area contributed by atoms with Crippen LogP contribution in [0.15, 0.2) is 55.4 Å². The molecular formula is C17H18N2O3. The smallest absolute Gasteiger partial charge is 0.247 e. The lowest BCUT2D eigenvalue weighted by molar-refractivity contribution is -0.111. The molecule has 1 amide bonds. The number of benzene rings is 1. The van der Waals surface area contributed by atoms with Gasteiger partial charge in [-0.15, -0.1) is 0 Å². The number of nitrogens with one attached hydrogen (secondary N) is 1. The Kier molecular flexibility index (Phi) is 5.14. The van der Waals surface area contributed by atoms with Crippen LogP contribution in [0.2, 0.25) is 0 Å². The van der Waals surface area contributed by atoms with Crippen molar-refractivity contribution in [2.24, 2.45) is 0 Å². The topological polar surface area (TPSA) is 60.5 Å². The number of carbonyl (C=O) groups is 1. The SMILES string of the molecule is C=CC(=O)Nc1cncc(Oc2ccc(OC(C)C)cc2)c1. The van der Waals surface area contributed by atoms with Gasteiger partial charge in [0.1, 0.15) is 17.2 Å². The zero-order valence-electron chi connectivity index (χ0n) is 12.6. The highest BCUT2D eigenvalue weighted by Crippen LogP contribution is 2.25. The molecule has 0 atom stereocenters. The van der Waals surface area contributed by atoms with E-state index in [-0.39, 0.29) is 12.0 Å². The van der Waals surface area contributed by atoms with Crippen LogP contribution in [0, 0.1) is 0 Å². The maximum Gasteiger partial charge on any atom is 0.247 e. The van der Waals surface area contributed by atoms with Crippen LogP contribution in [-0.2, 0) is 4.79 Å². The summed E-state index contributed by atoms with van der Waals surface area (Å²) in [5, 5.41) is 2.63. The van der Waals surface area contributed by atoms with Gasteiger partial charge in [0.15, 0.2) is 0 Å². The normalized spacial score (nSPS) is 10.1. The van der Waals surface area contributed by atoms with Gasteiger partial charge in [0.25, 0.3) is 0 Å². The number of hydrogen-bond acceptors (Lipinski definition) is 4. The molecule has 5 heteroatoms. The van der Waals surface area contributed by atoms with E-state index in [2.05, 4.69) is 16.9 Å². The van der Waals surface area contributed by atoms with E-state index >= 15 is 0 Å². The lowest BCUT2D eigenvalue weighted by Gasteiger charge is -2.11. The highest BCUT2D eigenvalue weighted by molar-refractivity contribution is 5.98. The van der Waals surface area contributed by atoms with E-state index in [1.54, 1.807) is 12.3 Å². The van der Waals surface area contributed by atoms with Crippen LogP contribution < -0.4 is 14.8 Å². The van der Waals surface area contributed by atoms with E-state index in [1.165, 1.54) is 12.3 Å². The van der Waals surface area contributed by atoms with Gasteiger partial charge < -0.3 is 14.8 Å². The van der Waals surface area contributed by atoms with Crippen LogP contribution in [0.25, 0.3) is 0 Å². The number of ether oxygens (including phenoxy) is 2. The molecule has 0 unspecified atom stereocenters. The Labute approximate surface area is 129 Å². The van der Waals surface area contributed by atoms with E-state index in [1.807, 2.05) is 38.1 Å². The van der Waals surface area contributed by atoms with Crippen molar-refractivity contribution in [3.8, 4) is 17.2 Å². The lowest BCUT2D eigenvalue weighted by Crippen LogP contribution is -2.07. The van der Waals surface area contributed by atoms with E-state index in [0.717, 1.165) is 5.75 Å². The molecule has 0 bridgehead atoms. The Hall–Kier alpha value is -2.82. The quantitative estimate of drug-likeness (QED) is 0.824. The molecule has 2 rings (SSSR count). The van der Waals surface area contributed by atoms with Gasteiger partial charge in [-0.1, -0.05) is 6.58 Å². The van der Waals surface area contributed by atoms with Crippen LogP contribution in [0.3, 0.4) is 0 Å². The van der Waals surface area contributed by atoms with Gasteiger partial charge in [-0.25, -0.2) is 0 Å². The molecule has 0 spiro atoms. The average molecular weight is 298 g/mol. The molecule has 1 aromatic carbocycles. The highest BCUT2D eigenvalue weighted by Gasteiger charge is 2.03. The van der Waals surface area contributed by atoms with Gasteiger partial charge >= 0.3 is 0 Å². The first-order valence-electron chi connectivity index (χ1n) is 6.90. The second-order valence-corrected chi connectivity index (χ2v) is 4.84. The summed E-state index contributed by atoms with van der Waals surface area (Å²) in [6.07, 6.45) is 4.43. The second kappa shape index (κ2) is 7.26. The van der Waals surface area contributed by atoms with Crippen LogP contribution in [0.5, 0.6) is 17.2 Å². The van der Waals surface area contributed by atoms with Gasteiger partial charge in [-0.2, -0.15) is 0 Å². The minimum atomic E-state index is -0.297. The number of carbonyl (C=O) groups excluding carboxylic acids is 1. The minimum absolute atomic E-state index is 0.126. The van der Waals surface area contributed by atoms with Crippen LogP contribution in [0.4, 0.5) is 5.69 Å². The van der Waals surface area contributed by atoms with Gasteiger partial charge in [-0.05, 0) is 44.2 Å². The molecule has 22 heavy (non-hydrogen) atoms. The minimum Gasteiger partial charge on any atom is -0.491 e. The summed E-state index contributed by atoms with van der Waals surface area (Å²) in [5.74, 6) is 1.67. The molecule has 0 aliphatic rings. The van der Waals surface area contributed by atoms with Crippen molar-refractivity contribution in [2.75, 3.05) is 5.32 Å². The molecule has 114 valence electrons. The number of anilines is 1. The fraction of sp³-hybridized carbons (Fsp3) is 0.176. The Morgan fingerprint density at radius 1 is 1.18 bits per heavy atom. The Balaban J connectivity index is 2.05. The second-order valence-electron chi connectivity index (χ2n) is 4.84. The van der Waals surface area contributed by atoms with Crippen LogP contribution in [0.1, 0.15) is 13.8 Å². The molecule has 1 heterocycles. The maximum absolute atomic E-state index is 11.3. The largest absolute Gasteiger partial charge is 0.491 e. The summed E-state index contributed by atoms with van der Waals surface area (Å²) < 4.78 is 11.3. The Morgan fingerprint density at radius 2 is 1.86 bits per heavy atom. The van der Waals surface area contributed by atoms with E-state index in [0.29, 0.717) is 17.2 Å². The van der Waals surface area contributed by atoms with E-state index in [9.17, 15) is 4.79 Å². The van der Waals surface area contributed by atoms with Crippen molar-refractivity contribution < 1.29 is 14.3 Å². The van der Waals surface area contributed by atoms with Crippen molar-refractivity contribution in [3.63, 3.8) is 0 Å². The predicted octanol–water partition coefficient (Wildman–Crippen LogP) is 3.79. The van der Waals surface area contributed by atoms with E-state index < -0.39 is 0 Å². The number of aromatic nitrogens is 1. The van der Waals surface area contributed by atoms with Crippen LogP contribution >= 0.6 is 0 Å². The van der Waals surface area contributed by atoms with Crippen molar-refractivity contribution in [3.05, 3.63) is 55.4 Å². The molecule has 2 aromatic rings. The molecule has 0 aliphatic heterocycles. The average Bonchev–Trinajstić information content (AvgIpc) is 2.49. The third-order valence-corrected chi connectivity index (χ3v) is 2.60. The molecule has 0 saturated heterocycles. The van der Waals surface area contributed by atoms with Gasteiger partial charge in [0, 0.05) is 6.07 Å². The molecule has 1 aromatic heterocycles. The number of rotatable bonds is 6. The summed E-state index contributed by atoms with van der Waals surface area (Å²) in [6, 6.07) is 8.99. The van der Waals surface area contributed by atoms with Crippen molar-refractivity contribution >= 4 is 11.6 Å². The summed E-state index contributed by atoms with van der Waals surface area (Å²) in [7, 11) is 0. The van der Waals surface area contributed by atoms with Gasteiger partial charge in [0.2, 0.25) is 5.91 Å². The van der Waals surface area contributed by atoms with E-state index in [4.69, 9.17) is 9.47 Å². The zero-order valence-corrected chi connectivity index (χ0v) is 12.6. The fourth-order valence-electron chi connectivity index (χ4n) is 1.73. The molecule has 0 radical (unpaired) electrons. The molecule has 5 nitrogen and oxygen atoms in total. The lowest BCUT2D eigenvalue weighted by atomic mass is 10.3. The first-order chi connectivity index (χ1) is 10.6. The fourth-order valence-corrected chi connectivity index (χ4v) is 1.73. The Morgan fingerprint density at radius 3 is 2.50 bits per heavy atom. The molecule has 1 N–H and O–H groups in total. The zero-order chi connectivity index (χ0) is 15.9. The number of amides is 1. The predicted molar refractivity (Wildman–Crippen MR) is 85.3 cm³/mol. The monoisotopic (exact) mass is 298 g/mol. The third-order valence-electron chi connectivity index (χ3n) is 2.60. The highest BCUT2D eigenvalue weighted by atomic mass is 16.5. The summed E-state index contributed by atoms with van der Waals surface area (Å²) in [6.45, 7) is 7.34. The Bertz CT molecular complexity index is 651. The number of nitrogens with zero attached hydrogens (tertiary/aromatic N) is 1. The summed E-state index contributed by atoms with van der Waals surface area (Å²) in [5.41, 5.74) is 0.544.